The van der Waals surface area contributed by atoms with Crippen LogP contribution in [-0.2, 0) is 14.3 Å². The average Bonchev–Trinajstić information content (AvgIpc) is 2.76. The van der Waals surface area contributed by atoms with Gasteiger partial charge in [0.2, 0.25) is 0 Å². The summed E-state index contributed by atoms with van der Waals surface area (Å²) in [5.74, 6) is -0.106. The Hall–Kier alpha value is -1.51. The first-order chi connectivity index (χ1) is 16.3. The number of nitrogens with two attached hydrogens (primary N) is 1. The molecule has 34 heavy (non-hydrogen) atoms. The van der Waals surface area contributed by atoms with Crippen LogP contribution in [0.5, 0.6) is 0 Å². The number of Topliss-reactive ketones (excluding diaryl/α,β-unsaturated/α-hetero) is 1. The lowest BCUT2D eigenvalue weighted by molar-refractivity contribution is -0.203. The predicted molar refractivity (Wildman–Crippen MR) is 121 cm³/mol. The molecule has 7 nitrogen and oxygen atoms in total. The van der Waals surface area contributed by atoms with E-state index in [4.69, 9.17) is 10.5 Å². The Labute approximate surface area is 199 Å². The van der Waals surface area contributed by atoms with Crippen molar-refractivity contribution in [3.05, 3.63) is 11.8 Å². The quantitative estimate of drug-likeness (QED) is 0.540. The van der Waals surface area contributed by atoms with E-state index in [2.05, 4.69) is 10.2 Å². The highest BCUT2D eigenvalue weighted by Crippen LogP contribution is 2.56. The molecule has 0 radical (unpaired) electrons. The maximum absolute atomic E-state index is 16.0. The minimum absolute atomic E-state index is 0.0117. The number of hydrogen-bond acceptors (Lipinski definition) is 6. The van der Waals surface area contributed by atoms with Crippen LogP contribution in [0.1, 0.15) is 64.2 Å². The van der Waals surface area contributed by atoms with Crippen molar-refractivity contribution >= 4 is 11.8 Å². The molecule has 8 atom stereocenters. The van der Waals surface area contributed by atoms with Crippen molar-refractivity contribution in [1.82, 2.24) is 10.2 Å². The van der Waals surface area contributed by atoms with E-state index in [0.717, 1.165) is 49.9 Å². The standard InChI is InChI=1S/C26H36FN3O4/c27-18-7-16-22-24(21(18)29-26-8-12-3-13(9-26)5-14(4-12)10-26)34-20-6-15(28)1-2-19(20)30(22)11-17(23(16)31)25(32)33/h11-16,18-22,24,29H,1-10,28H2,(H,32,33). The maximum atomic E-state index is 16.0. The topological polar surface area (TPSA) is 105 Å². The summed E-state index contributed by atoms with van der Waals surface area (Å²) in [5, 5.41) is 13.6. The minimum atomic E-state index is -1.24. The fourth-order valence-corrected chi connectivity index (χ4v) is 9.60. The first-order valence-corrected chi connectivity index (χ1v) is 13.4. The van der Waals surface area contributed by atoms with Crippen molar-refractivity contribution in [2.75, 3.05) is 0 Å². The second-order valence-electron chi connectivity index (χ2n) is 12.7. The first-order valence-electron chi connectivity index (χ1n) is 13.4. The third-order valence-corrected chi connectivity index (χ3v) is 10.5. The van der Waals surface area contributed by atoms with Gasteiger partial charge in [-0.05, 0) is 82.0 Å². The summed E-state index contributed by atoms with van der Waals surface area (Å²) in [4.78, 5) is 27.2. The van der Waals surface area contributed by atoms with Crippen molar-refractivity contribution in [3.63, 3.8) is 0 Å². The molecule has 4 N–H and O–H groups in total. The number of aliphatic carboxylic acids is 1. The predicted octanol–water partition coefficient (Wildman–Crippen LogP) is 2.14. The zero-order valence-corrected chi connectivity index (χ0v) is 19.6. The molecule has 8 rings (SSSR count). The van der Waals surface area contributed by atoms with Crippen LogP contribution in [0, 0.1) is 23.7 Å². The maximum Gasteiger partial charge on any atom is 0.340 e. The van der Waals surface area contributed by atoms with Crippen molar-refractivity contribution in [1.29, 1.82) is 0 Å². The number of carboxylic acids is 1. The van der Waals surface area contributed by atoms with Gasteiger partial charge in [0, 0.05) is 23.7 Å². The zero-order valence-electron chi connectivity index (χ0n) is 19.6. The normalized spacial score (nSPS) is 53.2. The molecule has 7 fully saturated rings. The van der Waals surface area contributed by atoms with Gasteiger partial charge in [-0.25, -0.2) is 9.18 Å². The number of rotatable bonds is 3. The highest BCUT2D eigenvalue weighted by molar-refractivity contribution is 6.18. The van der Waals surface area contributed by atoms with Crippen LogP contribution in [-0.4, -0.2) is 69.8 Å². The van der Waals surface area contributed by atoms with Gasteiger partial charge < -0.3 is 25.8 Å². The van der Waals surface area contributed by atoms with Crippen molar-refractivity contribution in [2.45, 2.75) is 112 Å². The van der Waals surface area contributed by atoms with E-state index < -0.39 is 36.0 Å². The molecule has 0 aromatic heterocycles. The largest absolute Gasteiger partial charge is 0.478 e. The Morgan fingerprint density at radius 1 is 1.12 bits per heavy atom. The van der Waals surface area contributed by atoms with Gasteiger partial charge in [-0.3, -0.25) is 4.79 Å². The van der Waals surface area contributed by atoms with E-state index in [1.807, 2.05) is 0 Å². The molecule has 186 valence electrons. The molecule has 0 amide bonds. The van der Waals surface area contributed by atoms with E-state index in [-0.39, 0.29) is 41.8 Å². The van der Waals surface area contributed by atoms with Crippen LogP contribution >= 0.6 is 0 Å². The Bertz CT molecular complexity index is 904. The molecule has 4 bridgehead atoms. The van der Waals surface area contributed by atoms with Gasteiger partial charge in [0.05, 0.1) is 30.3 Å². The third kappa shape index (κ3) is 3.17. The number of ether oxygens (including phenoxy) is 1. The summed E-state index contributed by atoms with van der Waals surface area (Å²) >= 11 is 0. The molecule has 8 heteroatoms. The number of halogens is 1. The number of carboxylic acid groups (broad SMARTS) is 1. The smallest absolute Gasteiger partial charge is 0.340 e. The lowest BCUT2D eigenvalue weighted by atomic mass is 9.52. The van der Waals surface area contributed by atoms with Gasteiger partial charge >= 0.3 is 5.97 Å². The molecule has 8 aliphatic rings. The Kier molecular flexibility index (Phi) is 4.79. The van der Waals surface area contributed by atoms with Crippen molar-refractivity contribution in [3.8, 4) is 0 Å². The number of fused-ring (bicyclic) bond motifs is 2. The zero-order chi connectivity index (χ0) is 23.4. The third-order valence-electron chi connectivity index (χ3n) is 10.5. The highest BCUT2D eigenvalue weighted by Gasteiger charge is 2.61. The van der Waals surface area contributed by atoms with Crippen LogP contribution < -0.4 is 11.1 Å². The van der Waals surface area contributed by atoms with Gasteiger partial charge in [0.15, 0.2) is 5.78 Å². The van der Waals surface area contributed by atoms with Crippen LogP contribution in [0.3, 0.4) is 0 Å². The van der Waals surface area contributed by atoms with E-state index >= 15 is 4.39 Å². The molecule has 0 aromatic rings. The molecule has 2 heterocycles. The number of nitrogens with one attached hydrogen (secondary N) is 1. The van der Waals surface area contributed by atoms with Gasteiger partial charge in [0.1, 0.15) is 11.7 Å². The molecular formula is C26H36FN3O4. The fourth-order valence-electron chi connectivity index (χ4n) is 9.60. The Balaban J connectivity index is 1.25. The van der Waals surface area contributed by atoms with Gasteiger partial charge in [0.25, 0.3) is 0 Å². The molecule has 0 aromatic carbocycles. The number of nitrogens with zero attached hydrogens (tertiary/aromatic N) is 1. The lowest BCUT2D eigenvalue weighted by Gasteiger charge is -2.62. The molecular weight excluding hydrogens is 437 g/mol. The van der Waals surface area contributed by atoms with Crippen LogP contribution in [0.15, 0.2) is 11.8 Å². The molecule has 2 aliphatic heterocycles. The number of morpholine rings is 1. The fraction of sp³-hybridized carbons (Fsp3) is 0.846. The van der Waals surface area contributed by atoms with Gasteiger partial charge in [-0.2, -0.15) is 0 Å². The molecule has 0 spiro atoms. The average molecular weight is 474 g/mol. The van der Waals surface area contributed by atoms with Crippen molar-refractivity contribution in [2.24, 2.45) is 29.4 Å². The molecule has 6 saturated carbocycles. The number of alkyl halides is 1. The minimum Gasteiger partial charge on any atom is -0.478 e. The van der Waals surface area contributed by atoms with E-state index in [9.17, 15) is 14.7 Å². The van der Waals surface area contributed by atoms with E-state index in [0.29, 0.717) is 6.42 Å². The summed E-state index contributed by atoms with van der Waals surface area (Å²) in [6.07, 6.45) is 9.35. The van der Waals surface area contributed by atoms with E-state index in [1.54, 1.807) is 6.20 Å². The monoisotopic (exact) mass is 473 g/mol. The van der Waals surface area contributed by atoms with Crippen LogP contribution in [0.4, 0.5) is 4.39 Å². The summed E-state index contributed by atoms with van der Waals surface area (Å²) in [7, 11) is 0. The summed E-state index contributed by atoms with van der Waals surface area (Å²) in [6.45, 7) is 0. The Morgan fingerprint density at radius 2 is 1.79 bits per heavy atom. The van der Waals surface area contributed by atoms with E-state index in [1.165, 1.54) is 19.3 Å². The van der Waals surface area contributed by atoms with Crippen molar-refractivity contribution < 1.29 is 23.8 Å². The highest BCUT2D eigenvalue weighted by atomic mass is 19.1. The Morgan fingerprint density at radius 3 is 2.44 bits per heavy atom. The van der Waals surface area contributed by atoms with Crippen LogP contribution in [0.2, 0.25) is 0 Å². The SMILES string of the molecule is NC1CCC2C(C1)OC1C(NC34CC5CC(CC(C5)C3)C4)C(F)CC3C(=O)C(C(=O)O)=CN2C31. The molecule has 6 aliphatic carbocycles. The number of ketones is 1. The second-order valence-corrected chi connectivity index (χ2v) is 12.7. The lowest BCUT2D eigenvalue weighted by Crippen LogP contribution is -2.75. The second kappa shape index (κ2) is 7.50. The number of carbonyl (C=O) groups is 2. The summed E-state index contributed by atoms with van der Waals surface area (Å²) in [6, 6.07) is -0.777. The first kappa shape index (κ1) is 21.7. The van der Waals surface area contributed by atoms with Gasteiger partial charge in [-0.15, -0.1) is 0 Å². The van der Waals surface area contributed by atoms with Gasteiger partial charge in [-0.1, -0.05) is 0 Å². The number of hydrogen-bond donors (Lipinski definition) is 3. The summed E-state index contributed by atoms with van der Waals surface area (Å²) < 4.78 is 22.7. The van der Waals surface area contributed by atoms with Crippen LogP contribution in [0.25, 0.3) is 0 Å². The molecule has 1 saturated heterocycles. The summed E-state index contributed by atoms with van der Waals surface area (Å²) in [5.41, 5.74) is 6.05. The molecule has 8 unspecified atom stereocenters. The number of carbonyl (C=O) groups excluding carboxylic acids is 1.